The highest BCUT2D eigenvalue weighted by Gasteiger charge is 2.30. The highest BCUT2D eigenvalue weighted by molar-refractivity contribution is 8.00. The highest BCUT2D eigenvalue weighted by Crippen LogP contribution is 2.36. The molecule has 0 saturated heterocycles. The number of hydrogen-bond donors (Lipinski definition) is 2. The first-order valence-corrected chi connectivity index (χ1v) is 10.2. The number of carbonyl (C=O) groups excluding carboxylic acids is 1. The molecule has 0 aliphatic heterocycles. The lowest BCUT2D eigenvalue weighted by atomic mass is 10.1. The van der Waals surface area contributed by atoms with Crippen LogP contribution in [0.3, 0.4) is 0 Å². The van der Waals surface area contributed by atoms with E-state index in [0.717, 1.165) is 41.7 Å². The van der Waals surface area contributed by atoms with E-state index in [9.17, 15) is 9.18 Å². The normalized spacial score (nSPS) is 14.6. The molecule has 0 spiro atoms. The zero-order chi connectivity index (χ0) is 19.5. The van der Waals surface area contributed by atoms with Gasteiger partial charge in [0.1, 0.15) is 16.9 Å². The standard InChI is InChI=1S/C21H21FN4OS/c1-2-23-19-16-5-3-4-6-17(16)25-21(26-19)28-18(20(27)24-15-11-12-15)13-7-9-14(22)10-8-13/h3-10,15,18H,2,11-12H2,1H3,(H,24,27)(H,23,25,26). The monoisotopic (exact) mass is 396 g/mol. The Morgan fingerprint density at radius 1 is 1.18 bits per heavy atom. The number of anilines is 1. The van der Waals surface area contributed by atoms with Gasteiger partial charge in [-0.05, 0) is 49.6 Å². The van der Waals surface area contributed by atoms with Crippen LogP contribution in [0.5, 0.6) is 0 Å². The number of thioether (sulfide) groups is 1. The number of nitrogens with one attached hydrogen (secondary N) is 2. The summed E-state index contributed by atoms with van der Waals surface area (Å²) in [6.07, 6.45) is 2.01. The zero-order valence-corrected chi connectivity index (χ0v) is 16.3. The summed E-state index contributed by atoms with van der Waals surface area (Å²) in [7, 11) is 0. The first kappa shape index (κ1) is 18.7. The molecule has 1 aromatic heterocycles. The van der Waals surface area contributed by atoms with E-state index in [2.05, 4.69) is 20.6 Å². The number of carbonyl (C=O) groups is 1. The number of hydrogen-bond acceptors (Lipinski definition) is 5. The maximum absolute atomic E-state index is 13.4. The molecule has 1 amide bonds. The molecule has 1 atom stereocenters. The van der Waals surface area contributed by atoms with E-state index in [-0.39, 0.29) is 17.8 Å². The first-order valence-electron chi connectivity index (χ1n) is 9.37. The van der Waals surface area contributed by atoms with Gasteiger partial charge in [0.25, 0.3) is 0 Å². The molecule has 1 heterocycles. The van der Waals surface area contributed by atoms with Crippen LogP contribution in [-0.2, 0) is 4.79 Å². The largest absolute Gasteiger partial charge is 0.370 e. The van der Waals surface area contributed by atoms with Gasteiger partial charge in [-0.1, -0.05) is 36.0 Å². The van der Waals surface area contributed by atoms with Crippen LogP contribution in [0.4, 0.5) is 10.2 Å². The predicted molar refractivity (Wildman–Crippen MR) is 110 cm³/mol. The van der Waals surface area contributed by atoms with Crippen molar-refractivity contribution in [2.75, 3.05) is 11.9 Å². The van der Waals surface area contributed by atoms with Crippen LogP contribution in [0.15, 0.2) is 53.7 Å². The molecule has 0 bridgehead atoms. The van der Waals surface area contributed by atoms with Crippen molar-refractivity contribution in [1.82, 2.24) is 15.3 Å². The minimum atomic E-state index is -0.545. The summed E-state index contributed by atoms with van der Waals surface area (Å²) < 4.78 is 13.4. The smallest absolute Gasteiger partial charge is 0.238 e. The Balaban J connectivity index is 1.69. The average Bonchev–Trinajstić information content (AvgIpc) is 3.51. The second-order valence-electron chi connectivity index (χ2n) is 6.73. The number of amides is 1. The fourth-order valence-corrected chi connectivity index (χ4v) is 3.90. The Kier molecular flexibility index (Phi) is 5.43. The van der Waals surface area contributed by atoms with Crippen molar-refractivity contribution in [2.24, 2.45) is 0 Å². The summed E-state index contributed by atoms with van der Waals surface area (Å²) in [5.74, 6) is 0.323. The summed E-state index contributed by atoms with van der Waals surface area (Å²) in [5, 5.41) is 7.21. The molecular weight excluding hydrogens is 375 g/mol. The van der Waals surface area contributed by atoms with Crippen molar-refractivity contribution in [3.8, 4) is 0 Å². The van der Waals surface area contributed by atoms with Crippen LogP contribution >= 0.6 is 11.8 Å². The van der Waals surface area contributed by atoms with E-state index in [1.54, 1.807) is 12.1 Å². The van der Waals surface area contributed by atoms with Gasteiger partial charge >= 0.3 is 0 Å². The molecule has 4 rings (SSSR count). The molecule has 1 fully saturated rings. The van der Waals surface area contributed by atoms with E-state index < -0.39 is 5.25 Å². The van der Waals surface area contributed by atoms with Gasteiger partial charge in [-0.2, -0.15) is 0 Å². The van der Waals surface area contributed by atoms with Crippen LogP contribution in [-0.4, -0.2) is 28.5 Å². The third-order valence-corrected chi connectivity index (χ3v) is 5.60. The molecule has 1 aliphatic carbocycles. The second kappa shape index (κ2) is 8.14. The minimum absolute atomic E-state index is 0.0964. The lowest BCUT2D eigenvalue weighted by molar-refractivity contribution is -0.120. The van der Waals surface area contributed by atoms with Gasteiger partial charge in [-0.15, -0.1) is 0 Å². The molecule has 1 unspecified atom stereocenters. The van der Waals surface area contributed by atoms with Gasteiger partial charge in [0.2, 0.25) is 5.91 Å². The van der Waals surface area contributed by atoms with E-state index in [1.807, 2.05) is 31.2 Å². The number of rotatable bonds is 7. The molecule has 1 aliphatic rings. The second-order valence-corrected chi connectivity index (χ2v) is 7.81. The fourth-order valence-electron chi connectivity index (χ4n) is 2.93. The van der Waals surface area contributed by atoms with Gasteiger partial charge in [-0.3, -0.25) is 4.79 Å². The number of benzene rings is 2. The van der Waals surface area contributed by atoms with E-state index >= 15 is 0 Å². The summed E-state index contributed by atoms with van der Waals surface area (Å²) in [6.45, 7) is 2.74. The first-order chi connectivity index (χ1) is 13.6. The van der Waals surface area contributed by atoms with Crippen molar-refractivity contribution in [1.29, 1.82) is 0 Å². The highest BCUT2D eigenvalue weighted by atomic mass is 32.2. The zero-order valence-electron chi connectivity index (χ0n) is 15.5. The Bertz CT molecular complexity index is 991. The van der Waals surface area contributed by atoms with E-state index in [0.29, 0.717) is 5.16 Å². The summed E-state index contributed by atoms with van der Waals surface area (Å²) >= 11 is 1.28. The molecule has 2 N–H and O–H groups in total. The van der Waals surface area contributed by atoms with Gasteiger partial charge in [0.15, 0.2) is 5.16 Å². The minimum Gasteiger partial charge on any atom is -0.370 e. The molecule has 144 valence electrons. The number of halogens is 1. The van der Waals surface area contributed by atoms with Crippen LogP contribution in [0.25, 0.3) is 10.9 Å². The fraction of sp³-hybridized carbons (Fsp3) is 0.286. The molecule has 1 saturated carbocycles. The van der Waals surface area contributed by atoms with Gasteiger partial charge < -0.3 is 10.6 Å². The Morgan fingerprint density at radius 3 is 2.64 bits per heavy atom. The molecule has 2 aromatic carbocycles. The summed E-state index contributed by atoms with van der Waals surface area (Å²) in [6, 6.07) is 14.1. The number of aromatic nitrogens is 2. The van der Waals surface area contributed by atoms with Crippen molar-refractivity contribution in [2.45, 2.75) is 36.2 Å². The lowest BCUT2D eigenvalue weighted by Gasteiger charge is -2.17. The molecule has 7 heteroatoms. The van der Waals surface area contributed by atoms with Crippen molar-refractivity contribution < 1.29 is 9.18 Å². The molecule has 0 radical (unpaired) electrons. The van der Waals surface area contributed by atoms with E-state index in [1.165, 1.54) is 23.9 Å². The number of nitrogens with zero attached hydrogens (tertiary/aromatic N) is 2. The van der Waals surface area contributed by atoms with Crippen LogP contribution in [0.1, 0.15) is 30.6 Å². The van der Waals surface area contributed by atoms with Gasteiger partial charge in [-0.25, -0.2) is 14.4 Å². The van der Waals surface area contributed by atoms with Gasteiger partial charge in [0.05, 0.1) is 5.52 Å². The SMILES string of the molecule is CCNc1nc(SC(C(=O)NC2CC2)c2ccc(F)cc2)nc2ccccc12. The quantitative estimate of drug-likeness (QED) is 0.460. The third kappa shape index (κ3) is 4.25. The maximum Gasteiger partial charge on any atom is 0.238 e. The molecule has 5 nitrogen and oxygen atoms in total. The van der Waals surface area contributed by atoms with Crippen LogP contribution < -0.4 is 10.6 Å². The Hall–Kier alpha value is -2.67. The van der Waals surface area contributed by atoms with Gasteiger partial charge in [0, 0.05) is 18.0 Å². The average molecular weight is 396 g/mol. The molecular formula is C21H21FN4OS. The molecule has 3 aromatic rings. The van der Waals surface area contributed by atoms with Crippen LogP contribution in [0.2, 0.25) is 0 Å². The maximum atomic E-state index is 13.4. The summed E-state index contributed by atoms with van der Waals surface area (Å²) in [5.41, 5.74) is 1.54. The molecule has 28 heavy (non-hydrogen) atoms. The Morgan fingerprint density at radius 2 is 1.93 bits per heavy atom. The van der Waals surface area contributed by atoms with E-state index in [4.69, 9.17) is 0 Å². The third-order valence-electron chi connectivity index (χ3n) is 4.48. The topological polar surface area (TPSA) is 66.9 Å². The lowest BCUT2D eigenvalue weighted by Crippen LogP contribution is -2.29. The number of para-hydroxylation sites is 1. The van der Waals surface area contributed by atoms with Crippen molar-refractivity contribution >= 4 is 34.4 Å². The summed E-state index contributed by atoms with van der Waals surface area (Å²) in [4.78, 5) is 22.1. The van der Waals surface area contributed by atoms with Crippen molar-refractivity contribution in [3.63, 3.8) is 0 Å². The number of fused-ring (bicyclic) bond motifs is 1. The predicted octanol–water partition coefficient (Wildman–Crippen LogP) is 4.31. The Labute approximate surface area is 167 Å². The van der Waals surface area contributed by atoms with Crippen molar-refractivity contribution in [3.05, 3.63) is 59.9 Å². The van der Waals surface area contributed by atoms with Crippen LogP contribution in [0, 0.1) is 5.82 Å².